The van der Waals surface area contributed by atoms with Crippen molar-refractivity contribution in [3.8, 4) is 28.1 Å². The number of amides is 1. The molecule has 0 aliphatic carbocycles. The van der Waals surface area contributed by atoms with E-state index in [-0.39, 0.29) is 5.91 Å². The molecule has 0 bridgehead atoms. The van der Waals surface area contributed by atoms with Crippen molar-refractivity contribution < 1.29 is 9.53 Å². The molecular weight excluding hydrogens is 592 g/mol. The Labute approximate surface area is 251 Å². The van der Waals surface area contributed by atoms with E-state index < -0.39 is 0 Å². The van der Waals surface area contributed by atoms with Crippen molar-refractivity contribution >= 4 is 44.7 Å². The zero-order chi connectivity index (χ0) is 29.1. The van der Waals surface area contributed by atoms with Crippen LogP contribution in [-0.4, -0.2) is 27.6 Å². The summed E-state index contributed by atoms with van der Waals surface area (Å²) in [6.45, 7) is 0.437. The van der Waals surface area contributed by atoms with Gasteiger partial charge in [0.1, 0.15) is 5.75 Å². The van der Waals surface area contributed by atoms with E-state index in [1.165, 1.54) is 0 Å². The molecule has 9 heteroatoms. The minimum absolute atomic E-state index is 0.185. The highest BCUT2D eigenvalue weighted by atomic mass is 79.9. The number of ether oxygens (including phenoxy) is 1. The Morgan fingerprint density at radius 1 is 0.857 bits per heavy atom. The molecular formula is C33H27BrN6O2. The van der Waals surface area contributed by atoms with Gasteiger partial charge in [-0.15, -0.1) is 0 Å². The van der Waals surface area contributed by atoms with Gasteiger partial charge in [-0.2, -0.15) is 9.61 Å². The number of fused-ring (bicyclic) bond motifs is 1. The Hall–Kier alpha value is -4.99. The van der Waals surface area contributed by atoms with Crippen LogP contribution in [0.5, 0.6) is 5.75 Å². The van der Waals surface area contributed by atoms with Crippen LogP contribution in [0.2, 0.25) is 0 Å². The van der Waals surface area contributed by atoms with Gasteiger partial charge in [0, 0.05) is 29.0 Å². The Kier molecular flexibility index (Phi) is 7.68. The number of rotatable bonds is 8. The van der Waals surface area contributed by atoms with E-state index in [2.05, 4.69) is 55.9 Å². The Morgan fingerprint density at radius 2 is 1.48 bits per heavy atom. The summed E-state index contributed by atoms with van der Waals surface area (Å²) in [5, 5.41) is 10.8. The van der Waals surface area contributed by atoms with Gasteiger partial charge >= 0.3 is 0 Å². The minimum atomic E-state index is -0.185. The number of halogens is 1. The van der Waals surface area contributed by atoms with Crippen molar-refractivity contribution in [3.05, 3.63) is 125 Å². The highest BCUT2D eigenvalue weighted by Crippen LogP contribution is 2.30. The third-order valence-electron chi connectivity index (χ3n) is 6.91. The maximum Gasteiger partial charge on any atom is 0.255 e. The lowest BCUT2D eigenvalue weighted by molar-refractivity contribution is 0.102. The Balaban J connectivity index is 1.22. The summed E-state index contributed by atoms with van der Waals surface area (Å²) in [6.07, 6.45) is 1.75. The number of benzene rings is 4. The highest BCUT2D eigenvalue weighted by molar-refractivity contribution is 9.10. The number of hydrogen-bond acceptors (Lipinski definition) is 6. The molecule has 0 saturated heterocycles. The maximum absolute atomic E-state index is 12.6. The van der Waals surface area contributed by atoms with Gasteiger partial charge in [0.2, 0.25) is 5.95 Å². The minimum Gasteiger partial charge on any atom is -0.497 e. The summed E-state index contributed by atoms with van der Waals surface area (Å²) >= 11 is 3.61. The maximum atomic E-state index is 12.6. The SMILES string of the molecule is COc1ccc(-c2ccc(-c3cc4c(Br)cnn4c(Nc4ccc(NC(=O)c5ccc(CN)cc5)cc4)n3)cc2)cc1. The zero-order valence-electron chi connectivity index (χ0n) is 22.7. The van der Waals surface area contributed by atoms with Crippen LogP contribution < -0.4 is 21.1 Å². The lowest BCUT2D eigenvalue weighted by atomic mass is 10.0. The molecule has 1 amide bonds. The molecule has 0 radical (unpaired) electrons. The summed E-state index contributed by atoms with van der Waals surface area (Å²) in [4.78, 5) is 17.6. The van der Waals surface area contributed by atoms with Gasteiger partial charge in [-0.1, -0.05) is 48.5 Å². The number of methoxy groups -OCH3 is 1. The summed E-state index contributed by atoms with van der Waals surface area (Å²) in [5.41, 5.74) is 13.5. The smallest absolute Gasteiger partial charge is 0.255 e. The van der Waals surface area contributed by atoms with Gasteiger partial charge in [0.25, 0.3) is 5.91 Å². The number of hydrogen-bond donors (Lipinski definition) is 3. The van der Waals surface area contributed by atoms with E-state index >= 15 is 0 Å². The second kappa shape index (κ2) is 11.9. The fourth-order valence-electron chi connectivity index (χ4n) is 4.57. The van der Waals surface area contributed by atoms with Crippen LogP contribution in [0.1, 0.15) is 15.9 Å². The Morgan fingerprint density at radius 3 is 2.12 bits per heavy atom. The molecule has 2 heterocycles. The third kappa shape index (κ3) is 5.74. The van der Waals surface area contributed by atoms with Crippen LogP contribution in [-0.2, 0) is 6.54 Å². The molecule has 8 nitrogen and oxygen atoms in total. The van der Waals surface area contributed by atoms with Crippen LogP contribution in [0.4, 0.5) is 17.3 Å². The van der Waals surface area contributed by atoms with Crippen molar-refractivity contribution in [3.63, 3.8) is 0 Å². The predicted molar refractivity (Wildman–Crippen MR) is 170 cm³/mol. The van der Waals surface area contributed by atoms with Crippen LogP contribution >= 0.6 is 15.9 Å². The van der Waals surface area contributed by atoms with Crippen LogP contribution in [0.3, 0.4) is 0 Å². The predicted octanol–water partition coefficient (Wildman–Crippen LogP) is 7.29. The van der Waals surface area contributed by atoms with Gasteiger partial charge in [0.05, 0.1) is 29.0 Å². The number of nitrogens with one attached hydrogen (secondary N) is 2. The first-order valence-electron chi connectivity index (χ1n) is 13.3. The molecule has 0 unspecified atom stereocenters. The van der Waals surface area contributed by atoms with E-state index in [4.69, 9.17) is 15.5 Å². The topological polar surface area (TPSA) is 107 Å². The van der Waals surface area contributed by atoms with Gasteiger partial charge in [-0.05, 0) is 87.2 Å². The van der Waals surface area contributed by atoms with E-state index in [0.717, 1.165) is 49.4 Å². The molecule has 4 N–H and O–H groups in total. The first kappa shape index (κ1) is 27.2. The quantitative estimate of drug-likeness (QED) is 0.165. The molecule has 0 spiro atoms. The molecule has 2 aromatic heterocycles. The van der Waals surface area contributed by atoms with Crippen molar-refractivity contribution in [2.75, 3.05) is 17.7 Å². The fourth-order valence-corrected chi connectivity index (χ4v) is 4.94. The monoisotopic (exact) mass is 618 g/mol. The van der Waals surface area contributed by atoms with Gasteiger partial charge in [0.15, 0.2) is 0 Å². The normalized spacial score (nSPS) is 10.9. The second-order valence-corrected chi connectivity index (χ2v) is 10.5. The van der Waals surface area contributed by atoms with E-state index in [1.807, 2.05) is 66.7 Å². The second-order valence-electron chi connectivity index (χ2n) is 9.62. The molecule has 0 saturated carbocycles. The molecule has 6 rings (SSSR count). The molecule has 0 fully saturated rings. The molecule has 42 heavy (non-hydrogen) atoms. The van der Waals surface area contributed by atoms with E-state index in [1.54, 1.807) is 30.0 Å². The molecule has 6 aromatic rings. The molecule has 0 aliphatic heterocycles. The van der Waals surface area contributed by atoms with Gasteiger partial charge in [-0.3, -0.25) is 4.79 Å². The summed E-state index contributed by atoms with van der Waals surface area (Å²) in [5.74, 6) is 1.20. The molecule has 208 valence electrons. The van der Waals surface area contributed by atoms with Crippen LogP contribution in [0, 0.1) is 0 Å². The first-order chi connectivity index (χ1) is 20.5. The number of anilines is 3. The average Bonchev–Trinajstić information content (AvgIpc) is 3.42. The molecule has 4 aromatic carbocycles. The van der Waals surface area contributed by atoms with Crippen molar-refractivity contribution in [1.29, 1.82) is 0 Å². The number of carbonyl (C=O) groups excluding carboxylic acids is 1. The lowest BCUT2D eigenvalue weighted by Crippen LogP contribution is -2.12. The number of carbonyl (C=O) groups is 1. The number of nitrogens with two attached hydrogens (primary N) is 1. The van der Waals surface area contributed by atoms with Crippen molar-refractivity contribution in [1.82, 2.24) is 14.6 Å². The number of nitrogens with zero attached hydrogens (tertiary/aromatic N) is 3. The zero-order valence-corrected chi connectivity index (χ0v) is 24.3. The lowest BCUT2D eigenvalue weighted by Gasteiger charge is -2.12. The van der Waals surface area contributed by atoms with Gasteiger partial charge in [-0.25, -0.2) is 4.98 Å². The van der Waals surface area contributed by atoms with Crippen LogP contribution in [0.15, 0.2) is 114 Å². The highest BCUT2D eigenvalue weighted by Gasteiger charge is 2.13. The summed E-state index contributed by atoms with van der Waals surface area (Å²) in [7, 11) is 1.66. The van der Waals surface area contributed by atoms with Gasteiger partial charge < -0.3 is 21.1 Å². The van der Waals surface area contributed by atoms with Crippen molar-refractivity contribution in [2.45, 2.75) is 6.54 Å². The first-order valence-corrected chi connectivity index (χ1v) is 14.1. The average molecular weight is 620 g/mol. The Bertz CT molecular complexity index is 1850. The standard InChI is InChI=1S/C33H27BrN6O2/c1-42-28-16-10-23(11-17-28)22-6-8-24(9-7-22)30-18-31-29(34)20-36-40(31)33(39-30)38-27-14-12-26(13-15-27)37-32(41)25-4-2-21(19-35)3-5-25/h2-18,20H,19,35H2,1H3,(H,37,41)(H,38,39). The van der Waals surface area contributed by atoms with E-state index in [0.29, 0.717) is 23.7 Å². The van der Waals surface area contributed by atoms with E-state index in [9.17, 15) is 4.79 Å². The summed E-state index contributed by atoms with van der Waals surface area (Å²) in [6, 6.07) is 33.0. The van der Waals surface area contributed by atoms with Crippen LogP contribution in [0.25, 0.3) is 27.9 Å². The summed E-state index contributed by atoms with van der Waals surface area (Å²) < 4.78 is 7.89. The molecule has 0 aliphatic rings. The molecule has 0 atom stereocenters. The number of aromatic nitrogens is 3. The fraction of sp³-hybridized carbons (Fsp3) is 0.0606. The third-order valence-corrected chi connectivity index (χ3v) is 7.53. The van der Waals surface area contributed by atoms with Crippen molar-refractivity contribution in [2.24, 2.45) is 5.73 Å². The largest absolute Gasteiger partial charge is 0.497 e.